The number of hydrogen-bond donors (Lipinski definition) is 2. The van der Waals surface area contributed by atoms with Crippen LogP contribution in [0.5, 0.6) is 0 Å². The predicted molar refractivity (Wildman–Crippen MR) is 78.1 cm³/mol. The molecule has 19 heavy (non-hydrogen) atoms. The minimum absolute atomic E-state index is 0.737. The lowest BCUT2D eigenvalue weighted by atomic mass is 10.2. The normalized spacial score (nSPS) is 10.9. The zero-order chi connectivity index (χ0) is 13.4. The van der Waals surface area contributed by atoms with E-state index >= 15 is 0 Å². The minimum atomic E-state index is 0.737. The van der Waals surface area contributed by atoms with Crippen LogP contribution in [0.1, 0.15) is 11.3 Å². The molecule has 0 aliphatic carbocycles. The summed E-state index contributed by atoms with van der Waals surface area (Å²) >= 11 is 6.12. The number of rotatable bonds is 2. The highest BCUT2D eigenvalue weighted by molar-refractivity contribution is 6.31. The maximum absolute atomic E-state index is 6.12. The molecule has 0 bridgehead atoms. The molecule has 3 aromatic rings. The summed E-state index contributed by atoms with van der Waals surface area (Å²) in [4.78, 5) is 11.7. The molecule has 4 nitrogen and oxygen atoms in total. The van der Waals surface area contributed by atoms with Crippen LogP contribution in [0.15, 0.2) is 30.6 Å². The Morgan fingerprint density at radius 2 is 2.00 bits per heavy atom. The zero-order valence-corrected chi connectivity index (χ0v) is 11.4. The summed E-state index contributed by atoms with van der Waals surface area (Å²) in [7, 11) is 0. The highest BCUT2D eigenvalue weighted by atomic mass is 35.5. The number of anilines is 2. The second-order valence-electron chi connectivity index (χ2n) is 4.53. The van der Waals surface area contributed by atoms with Crippen molar-refractivity contribution < 1.29 is 0 Å². The van der Waals surface area contributed by atoms with Crippen LogP contribution in [0.3, 0.4) is 0 Å². The maximum Gasteiger partial charge on any atom is 0.143 e. The molecule has 5 heteroatoms. The van der Waals surface area contributed by atoms with Gasteiger partial charge in [-0.1, -0.05) is 17.7 Å². The Kier molecular flexibility index (Phi) is 2.87. The van der Waals surface area contributed by atoms with Gasteiger partial charge in [0.2, 0.25) is 0 Å². The Morgan fingerprint density at radius 3 is 2.79 bits per heavy atom. The molecule has 0 radical (unpaired) electrons. The highest BCUT2D eigenvalue weighted by Crippen LogP contribution is 2.26. The van der Waals surface area contributed by atoms with Crippen LogP contribution in [0.4, 0.5) is 11.5 Å². The van der Waals surface area contributed by atoms with E-state index in [0.717, 1.165) is 38.8 Å². The number of nitrogens with one attached hydrogen (secondary N) is 2. The van der Waals surface area contributed by atoms with Gasteiger partial charge in [0.1, 0.15) is 17.8 Å². The lowest BCUT2D eigenvalue weighted by Crippen LogP contribution is -1.95. The topological polar surface area (TPSA) is 53.6 Å². The van der Waals surface area contributed by atoms with E-state index in [9.17, 15) is 0 Å². The molecule has 3 rings (SSSR count). The van der Waals surface area contributed by atoms with Gasteiger partial charge in [0.25, 0.3) is 0 Å². The average Bonchev–Trinajstić information content (AvgIpc) is 2.75. The zero-order valence-electron chi connectivity index (χ0n) is 10.7. The van der Waals surface area contributed by atoms with E-state index in [1.807, 2.05) is 38.1 Å². The van der Waals surface area contributed by atoms with Gasteiger partial charge in [0, 0.05) is 16.4 Å². The molecule has 2 aromatic heterocycles. The lowest BCUT2D eigenvalue weighted by molar-refractivity contribution is 1.18. The first-order chi connectivity index (χ1) is 9.13. The summed E-state index contributed by atoms with van der Waals surface area (Å²) in [6, 6.07) is 7.87. The van der Waals surface area contributed by atoms with E-state index < -0.39 is 0 Å². The Morgan fingerprint density at radius 1 is 1.16 bits per heavy atom. The van der Waals surface area contributed by atoms with Crippen molar-refractivity contribution in [2.45, 2.75) is 13.8 Å². The molecule has 0 spiro atoms. The van der Waals surface area contributed by atoms with Crippen LogP contribution in [-0.2, 0) is 0 Å². The predicted octanol–water partition coefficient (Wildman–Crippen LogP) is 3.97. The number of aromatic nitrogens is 3. The smallest absolute Gasteiger partial charge is 0.143 e. The summed E-state index contributed by atoms with van der Waals surface area (Å²) in [5, 5.41) is 4.98. The van der Waals surface area contributed by atoms with Gasteiger partial charge in [-0.3, -0.25) is 0 Å². The van der Waals surface area contributed by atoms with Crippen molar-refractivity contribution in [1.29, 1.82) is 0 Å². The van der Waals surface area contributed by atoms with Crippen molar-refractivity contribution in [2.24, 2.45) is 0 Å². The molecule has 0 aliphatic rings. The Balaban J connectivity index is 2.02. The Hall–Kier alpha value is -2.07. The van der Waals surface area contributed by atoms with Crippen LogP contribution >= 0.6 is 11.6 Å². The Bertz CT molecular complexity index is 748. The monoisotopic (exact) mass is 272 g/mol. The largest absolute Gasteiger partial charge is 0.343 e. The van der Waals surface area contributed by atoms with Gasteiger partial charge in [-0.15, -0.1) is 0 Å². The summed E-state index contributed by atoms with van der Waals surface area (Å²) < 4.78 is 0. The van der Waals surface area contributed by atoms with Crippen molar-refractivity contribution in [1.82, 2.24) is 15.0 Å². The fourth-order valence-corrected chi connectivity index (χ4v) is 2.16. The number of H-pyrrole nitrogens is 1. The molecule has 0 amide bonds. The summed E-state index contributed by atoms with van der Waals surface area (Å²) in [6.07, 6.45) is 1.54. The van der Waals surface area contributed by atoms with E-state index in [1.54, 1.807) is 0 Å². The van der Waals surface area contributed by atoms with Crippen LogP contribution in [-0.4, -0.2) is 15.0 Å². The molecular formula is C14H13ClN4. The average molecular weight is 273 g/mol. The van der Waals surface area contributed by atoms with Crippen LogP contribution < -0.4 is 5.32 Å². The third-order valence-electron chi connectivity index (χ3n) is 2.99. The molecule has 0 aliphatic heterocycles. The summed E-state index contributed by atoms with van der Waals surface area (Å²) in [5.74, 6) is 0.772. The third-order valence-corrected chi connectivity index (χ3v) is 3.40. The number of nitrogens with zero attached hydrogens (tertiary/aromatic N) is 2. The Labute approximate surface area is 115 Å². The molecule has 0 atom stereocenters. The number of hydrogen-bond acceptors (Lipinski definition) is 3. The second kappa shape index (κ2) is 4.55. The molecule has 0 saturated heterocycles. The third kappa shape index (κ3) is 2.27. The van der Waals surface area contributed by atoms with Gasteiger partial charge < -0.3 is 10.3 Å². The quantitative estimate of drug-likeness (QED) is 0.742. The molecule has 1 aromatic carbocycles. The molecule has 2 N–H and O–H groups in total. The van der Waals surface area contributed by atoms with Gasteiger partial charge in [-0.2, -0.15) is 0 Å². The number of fused-ring (bicyclic) bond motifs is 1. The number of aryl methyl sites for hydroxylation is 2. The fraction of sp³-hybridized carbons (Fsp3) is 0.143. The minimum Gasteiger partial charge on any atom is -0.343 e. The van der Waals surface area contributed by atoms with Gasteiger partial charge in [0.15, 0.2) is 0 Å². The molecule has 96 valence electrons. The molecule has 2 heterocycles. The first-order valence-corrected chi connectivity index (χ1v) is 6.35. The molecule has 0 fully saturated rings. The van der Waals surface area contributed by atoms with Crippen molar-refractivity contribution in [3.8, 4) is 0 Å². The molecule has 0 unspecified atom stereocenters. The van der Waals surface area contributed by atoms with Crippen molar-refractivity contribution >= 4 is 34.1 Å². The highest BCUT2D eigenvalue weighted by Gasteiger charge is 2.07. The van der Waals surface area contributed by atoms with Crippen LogP contribution in [0.25, 0.3) is 11.0 Å². The second-order valence-corrected chi connectivity index (χ2v) is 4.93. The van der Waals surface area contributed by atoms with Gasteiger partial charge in [0.05, 0.1) is 5.39 Å². The van der Waals surface area contributed by atoms with Crippen LogP contribution in [0.2, 0.25) is 5.02 Å². The first kappa shape index (κ1) is 12.0. The van der Waals surface area contributed by atoms with E-state index in [0.29, 0.717) is 0 Å². The molecular weight excluding hydrogens is 260 g/mol. The number of aromatic amines is 1. The van der Waals surface area contributed by atoms with Gasteiger partial charge >= 0.3 is 0 Å². The van der Waals surface area contributed by atoms with Crippen molar-refractivity contribution in [2.75, 3.05) is 5.32 Å². The van der Waals surface area contributed by atoms with Crippen molar-refractivity contribution in [3.05, 3.63) is 46.9 Å². The van der Waals surface area contributed by atoms with E-state index in [-0.39, 0.29) is 0 Å². The van der Waals surface area contributed by atoms with Gasteiger partial charge in [-0.25, -0.2) is 9.97 Å². The fourth-order valence-electron chi connectivity index (χ4n) is 1.98. The van der Waals surface area contributed by atoms with E-state index in [1.165, 1.54) is 6.33 Å². The summed E-state index contributed by atoms with van der Waals surface area (Å²) in [5.41, 5.74) is 3.85. The lowest BCUT2D eigenvalue weighted by Gasteiger charge is -2.07. The standard InChI is InChI=1S/C14H13ClN4/c1-8-3-4-10(6-12(8)15)19-14-11-5-9(2)18-13(11)16-7-17-14/h3-7H,1-2H3,(H2,16,17,18,19). The number of benzene rings is 1. The maximum atomic E-state index is 6.12. The van der Waals surface area contributed by atoms with Gasteiger partial charge in [-0.05, 0) is 37.6 Å². The van der Waals surface area contributed by atoms with E-state index in [4.69, 9.17) is 11.6 Å². The first-order valence-electron chi connectivity index (χ1n) is 5.97. The van der Waals surface area contributed by atoms with E-state index in [2.05, 4.69) is 20.3 Å². The number of halogens is 1. The SMILES string of the molecule is Cc1cc2c(Nc3ccc(C)c(Cl)c3)ncnc2[nH]1. The van der Waals surface area contributed by atoms with Crippen molar-refractivity contribution in [3.63, 3.8) is 0 Å². The summed E-state index contributed by atoms with van der Waals surface area (Å²) in [6.45, 7) is 3.97. The van der Waals surface area contributed by atoms with Crippen LogP contribution in [0, 0.1) is 13.8 Å². The molecule has 0 saturated carbocycles.